The highest BCUT2D eigenvalue weighted by Gasteiger charge is 2.22. The van der Waals surface area contributed by atoms with E-state index in [1.165, 1.54) is 22.2 Å². The van der Waals surface area contributed by atoms with E-state index in [1.807, 2.05) is 30.3 Å². The van der Waals surface area contributed by atoms with Crippen LogP contribution in [0.1, 0.15) is 16.8 Å². The lowest BCUT2D eigenvalue weighted by atomic mass is 10.0. The molecule has 0 radical (unpaired) electrons. The maximum atomic E-state index is 10.3. The van der Waals surface area contributed by atoms with Crippen molar-refractivity contribution < 1.29 is 9.84 Å². The minimum Gasteiger partial charge on any atom is -0.389 e. The molecular weight excluding hydrogens is 312 g/mol. The predicted octanol–water partition coefficient (Wildman–Crippen LogP) is 3.10. The number of hydrogen-bond donors (Lipinski definition) is 2. The first-order chi connectivity index (χ1) is 12.3. The first-order valence-corrected chi connectivity index (χ1v) is 8.90. The average Bonchev–Trinajstić information content (AvgIpc) is 3.00. The van der Waals surface area contributed by atoms with Crippen molar-refractivity contribution in [2.24, 2.45) is 0 Å². The number of β-amino-alcohol motifs (C(OH)–C–C–N with tert-alkyl or cyclic N) is 1. The highest BCUT2D eigenvalue weighted by atomic mass is 16.5. The van der Waals surface area contributed by atoms with E-state index < -0.39 is 6.10 Å². The lowest BCUT2D eigenvalue weighted by Gasteiger charge is -2.28. The molecule has 4 nitrogen and oxygen atoms in total. The SMILES string of the molecule is OC(COCc1ccccc1)CN1CCc2c([nH]c3ccccc23)C1. The molecule has 1 aliphatic rings. The van der Waals surface area contributed by atoms with Crippen LogP contribution in [0, 0.1) is 0 Å². The highest BCUT2D eigenvalue weighted by Crippen LogP contribution is 2.27. The van der Waals surface area contributed by atoms with Crippen molar-refractivity contribution in [3.63, 3.8) is 0 Å². The molecule has 0 amide bonds. The topological polar surface area (TPSA) is 48.5 Å². The van der Waals surface area contributed by atoms with Crippen molar-refractivity contribution in [2.75, 3.05) is 19.7 Å². The molecule has 0 saturated carbocycles. The highest BCUT2D eigenvalue weighted by molar-refractivity contribution is 5.84. The summed E-state index contributed by atoms with van der Waals surface area (Å²) in [7, 11) is 0. The van der Waals surface area contributed by atoms with Crippen molar-refractivity contribution >= 4 is 10.9 Å². The van der Waals surface area contributed by atoms with Crippen LogP contribution in [-0.4, -0.2) is 40.8 Å². The van der Waals surface area contributed by atoms with Gasteiger partial charge in [-0.05, 0) is 23.6 Å². The van der Waals surface area contributed by atoms with Gasteiger partial charge in [0.2, 0.25) is 0 Å². The molecule has 1 aromatic heterocycles. The summed E-state index contributed by atoms with van der Waals surface area (Å²) in [6.07, 6.45) is 0.561. The molecule has 0 bridgehead atoms. The Balaban J connectivity index is 1.30. The Labute approximate surface area is 148 Å². The Morgan fingerprint density at radius 3 is 2.76 bits per heavy atom. The van der Waals surface area contributed by atoms with Crippen LogP contribution >= 0.6 is 0 Å². The molecule has 3 aromatic rings. The lowest BCUT2D eigenvalue weighted by Crippen LogP contribution is -2.38. The summed E-state index contributed by atoms with van der Waals surface area (Å²) in [6.45, 7) is 3.39. The summed E-state index contributed by atoms with van der Waals surface area (Å²) < 4.78 is 5.66. The molecule has 4 rings (SSSR count). The number of aliphatic hydroxyl groups excluding tert-OH is 1. The second-order valence-electron chi connectivity index (χ2n) is 6.77. The number of H-pyrrole nitrogens is 1. The number of para-hydroxylation sites is 1. The molecule has 0 fully saturated rings. The zero-order valence-corrected chi connectivity index (χ0v) is 14.3. The van der Waals surface area contributed by atoms with Crippen molar-refractivity contribution in [3.05, 3.63) is 71.4 Å². The largest absolute Gasteiger partial charge is 0.389 e. The molecule has 2 aromatic carbocycles. The lowest BCUT2D eigenvalue weighted by molar-refractivity contribution is 0.00760. The zero-order valence-electron chi connectivity index (χ0n) is 14.3. The van der Waals surface area contributed by atoms with Crippen LogP contribution in [0.5, 0.6) is 0 Å². The maximum Gasteiger partial charge on any atom is 0.0900 e. The minimum atomic E-state index is -0.463. The van der Waals surface area contributed by atoms with Crippen LogP contribution in [0.25, 0.3) is 10.9 Å². The smallest absolute Gasteiger partial charge is 0.0900 e. The van der Waals surface area contributed by atoms with Gasteiger partial charge in [0.1, 0.15) is 0 Å². The van der Waals surface area contributed by atoms with E-state index in [2.05, 4.69) is 34.1 Å². The van der Waals surface area contributed by atoms with Crippen molar-refractivity contribution in [3.8, 4) is 0 Å². The van der Waals surface area contributed by atoms with E-state index in [9.17, 15) is 5.11 Å². The van der Waals surface area contributed by atoms with E-state index in [-0.39, 0.29) is 0 Å². The Morgan fingerprint density at radius 1 is 1.08 bits per heavy atom. The van der Waals surface area contributed by atoms with Gasteiger partial charge < -0.3 is 14.8 Å². The second kappa shape index (κ2) is 7.40. The van der Waals surface area contributed by atoms with E-state index in [0.717, 1.165) is 25.1 Å². The van der Waals surface area contributed by atoms with Gasteiger partial charge in [0, 0.05) is 36.2 Å². The molecule has 2 N–H and O–H groups in total. The molecule has 0 spiro atoms. The molecule has 1 atom stereocenters. The van der Waals surface area contributed by atoms with Crippen molar-refractivity contribution in [2.45, 2.75) is 25.7 Å². The van der Waals surface area contributed by atoms with E-state index in [0.29, 0.717) is 19.8 Å². The number of rotatable bonds is 6. The van der Waals surface area contributed by atoms with Crippen LogP contribution in [0.15, 0.2) is 54.6 Å². The van der Waals surface area contributed by atoms with Crippen LogP contribution in [0.3, 0.4) is 0 Å². The first-order valence-electron chi connectivity index (χ1n) is 8.90. The number of nitrogens with zero attached hydrogens (tertiary/aromatic N) is 1. The van der Waals surface area contributed by atoms with Crippen LogP contribution in [-0.2, 0) is 24.3 Å². The Bertz CT molecular complexity index is 828. The summed E-state index contributed by atoms with van der Waals surface area (Å²) >= 11 is 0. The number of aromatic amines is 1. The number of hydrogen-bond acceptors (Lipinski definition) is 3. The third kappa shape index (κ3) is 3.76. The summed E-state index contributed by atoms with van der Waals surface area (Å²) in [5.74, 6) is 0. The molecule has 25 heavy (non-hydrogen) atoms. The number of aromatic nitrogens is 1. The van der Waals surface area contributed by atoms with E-state index in [4.69, 9.17) is 4.74 Å². The normalized spacial score (nSPS) is 16.0. The molecule has 2 heterocycles. The molecular formula is C21H24N2O2. The monoisotopic (exact) mass is 336 g/mol. The second-order valence-corrected chi connectivity index (χ2v) is 6.77. The quantitative estimate of drug-likeness (QED) is 0.727. The van der Waals surface area contributed by atoms with E-state index >= 15 is 0 Å². The molecule has 0 aliphatic carbocycles. The number of fused-ring (bicyclic) bond motifs is 3. The van der Waals surface area contributed by atoms with Gasteiger partial charge in [0.15, 0.2) is 0 Å². The fourth-order valence-corrected chi connectivity index (χ4v) is 3.64. The van der Waals surface area contributed by atoms with Gasteiger partial charge >= 0.3 is 0 Å². The first kappa shape index (κ1) is 16.3. The number of ether oxygens (including phenoxy) is 1. The summed E-state index contributed by atoms with van der Waals surface area (Å²) in [5, 5.41) is 11.6. The summed E-state index contributed by atoms with van der Waals surface area (Å²) in [5.41, 5.74) is 5.06. The van der Waals surface area contributed by atoms with Gasteiger partial charge in [-0.1, -0.05) is 48.5 Å². The molecule has 1 unspecified atom stereocenters. The Kier molecular flexibility index (Phi) is 4.83. The average molecular weight is 336 g/mol. The van der Waals surface area contributed by atoms with Gasteiger partial charge in [0.05, 0.1) is 19.3 Å². The van der Waals surface area contributed by atoms with Crippen LogP contribution in [0.2, 0.25) is 0 Å². The zero-order chi connectivity index (χ0) is 17.1. The molecule has 130 valence electrons. The predicted molar refractivity (Wildman–Crippen MR) is 99.4 cm³/mol. The van der Waals surface area contributed by atoms with Crippen molar-refractivity contribution in [1.29, 1.82) is 0 Å². The molecule has 4 heteroatoms. The fraction of sp³-hybridized carbons (Fsp3) is 0.333. The number of benzene rings is 2. The fourth-order valence-electron chi connectivity index (χ4n) is 3.64. The Morgan fingerprint density at radius 2 is 1.88 bits per heavy atom. The van der Waals surface area contributed by atoms with Gasteiger partial charge in [0.25, 0.3) is 0 Å². The number of aliphatic hydroxyl groups is 1. The van der Waals surface area contributed by atoms with E-state index in [1.54, 1.807) is 0 Å². The molecule has 0 saturated heterocycles. The van der Waals surface area contributed by atoms with Gasteiger partial charge in [-0.15, -0.1) is 0 Å². The third-order valence-electron chi connectivity index (χ3n) is 4.85. The van der Waals surface area contributed by atoms with Crippen LogP contribution in [0.4, 0.5) is 0 Å². The Hall–Kier alpha value is -2.14. The molecule has 1 aliphatic heterocycles. The van der Waals surface area contributed by atoms with Crippen LogP contribution < -0.4 is 0 Å². The van der Waals surface area contributed by atoms with Gasteiger partial charge in [-0.25, -0.2) is 0 Å². The summed E-state index contributed by atoms with van der Waals surface area (Å²) in [6, 6.07) is 18.5. The standard InChI is InChI=1S/C21H24N2O2/c24-17(15-25-14-16-6-2-1-3-7-16)12-23-11-10-19-18-8-4-5-9-20(18)22-21(19)13-23/h1-9,17,22,24H,10-15H2. The van der Waals surface area contributed by atoms with Gasteiger partial charge in [-0.3, -0.25) is 4.90 Å². The van der Waals surface area contributed by atoms with Gasteiger partial charge in [-0.2, -0.15) is 0 Å². The third-order valence-corrected chi connectivity index (χ3v) is 4.85. The van der Waals surface area contributed by atoms with Crippen molar-refractivity contribution in [1.82, 2.24) is 9.88 Å². The summed E-state index contributed by atoms with van der Waals surface area (Å²) in [4.78, 5) is 5.83. The maximum absolute atomic E-state index is 10.3. The minimum absolute atomic E-state index is 0.366. The number of nitrogens with one attached hydrogen (secondary N) is 1.